The second-order valence-corrected chi connectivity index (χ2v) is 8.32. The number of hydrogen-bond donors (Lipinski definition) is 1. The van der Waals surface area contributed by atoms with E-state index >= 15 is 0 Å². The van der Waals surface area contributed by atoms with Crippen LogP contribution in [0.15, 0.2) is 34.4 Å². The Kier molecular flexibility index (Phi) is 5.32. The number of carbonyl (C=O) groups is 2. The van der Waals surface area contributed by atoms with E-state index in [0.29, 0.717) is 24.0 Å². The largest absolute Gasteiger partial charge is 0.459 e. The number of carbonyl (C=O) groups excluding carboxylic acids is 2. The lowest BCUT2D eigenvalue weighted by molar-refractivity contribution is -0.208. The van der Waals surface area contributed by atoms with Crippen molar-refractivity contribution in [1.29, 1.82) is 0 Å². The van der Waals surface area contributed by atoms with E-state index in [2.05, 4.69) is 0 Å². The fraction of sp³-hybridized carbons (Fsp3) is 0.636. The minimum absolute atomic E-state index is 0.146. The Morgan fingerprint density at radius 1 is 1.46 bits per heavy atom. The molecule has 1 N–H and O–H groups in total. The SMILES string of the molecule is CC/C(C)=C/C(=O)O[C@H]1CC=C2C[C@@]3(OC)OC(=O)C(C)=C3[C@@H](O)[C@]2(C)[C@H]1C. The highest BCUT2D eigenvalue weighted by atomic mass is 16.7. The van der Waals surface area contributed by atoms with E-state index in [0.717, 1.165) is 17.6 Å². The molecule has 0 aromatic heterocycles. The smallest absolute Gasteiger partial charge is 0.336 e. The van der Waals surface area contributed by atoms with Crippen LogP contribution in [-0.4, -0.2) is 42.1 Å². The first-order valence-corrected chi connectivity index (χ1v) is 9.85. The maximum absolute atomic E-state index is 12.3. The summed E-state index contributed by atoms with van der Waals surface area (Å²) in [5, 5.41) is 11.4. The summed E-state index contributed by atoms with van der Waals surface area (Å²) in [5.74, 6) is -2.21. The minimum atomic E-state index is -1.24. The van der Waals surface area contributed by atoms with Gasteiger partial charge in [0.05, 0.1) is 6.10 Å². The molecule has 154 valence electrons. The third-order valence-corrected chi connectivity index (χ3v) is 6.95. The van der Waals surface area contributed by atoms with Gasteiger partial charge in [-0.15, -0.1) is 0 Å². The molecule has 0 radical (unpaired) electrons. The summed E-state index contributed by atoms with van der Waals surface area (Å²) in [4.78, 5) is 24.5. The van der Waals surface area contributed by atoms with Gasteiger partial charge in [-0.2, -0.15) is 0 Å². The molecule has 1 heterocycles. The molecule has 2 aliphatic carbocycles. The van der Waals surface area contributed by atoms with Gasteiger partial charge in [-0.25, -0.2) is 9.59 Å². The molecular formula is C22H30O6. The summed E-state index contributed by atoms with van der Waals surface area (Å²) in [7, 11) is 1.49. The summed E-state index contributed by atoms with van der Waals surface area (Å²) < 4.78 is 16.9. The Labute approximate surface area is 166 Å². The van der Waals surface area contributed by atoms with Crippen molar-refractivity contribution in [3.05, 3.63) is 34.4 Å². The summed E-state index contributed by atoms with van der Waals surface area (Å²) >= 11 is 0. The minimum Gasteiger partial charge on any atom is -0.459 e. The van der Waals surface area contributed by atoms with Gasteiger partial charge in [-0.1, -0.05) is 38.0 Å². The number of hydrogen-bond acceptors (Lipinski definition) is 6. The zero-order valence-corrected chi connectivity index (χ0v) is 17.5. The van der Waals surface area contributed by atoms with Crippen LogP contribution in [0.4, 0.5) is 0 Å². The van der Waals surface area contributed by atoms with Gasteiger partial charge < -0.3 is 19.3 Å². The van der Waals surface area contributed by atoms with Gasteiger partial charge in [0.25, 0.3) is 0 Å². The predicted octanol–water partition coefficient (Wildman–Crippen LogP) is 3.21. The van der Waals surface area contributed by atoms with Crippen LogP contribution < -0.4 is 0 Å². The molecule has 1 fully saturated rings. The van der Waals surface area contributed by atoms with Crippen LogP contribution in [0.5, 0.6) is 0 Å². The number of fused-ring (bicyclic) bond motifs is 2. The number of ether oxygens (including phenoxy) is 3. The molecule has 1 aliphatic heterocycles. The molecule has 0 amide bonds. The van der Waals surface area contributed by atoms with Gasteiger partial charge in [0.2, 0.25) is 5.79 Å². The Morgan fingerprint density at radius 2 is 2.14 bits per heavy atom. The zero-order chi connectivity index (χ0) is 20.9. The summed E-state index contributed by atoms with van der Waals surface area (Å²) in [6.45, 7) is 9.48. The lowest BCUT2D eigenvalue weighted by atomic mass is 9.56. The van der Waals surface area contributed by atoms with Crippen molar-refractivity contribution in [2.75, 3.05) is 7.11 Å². The normalized spacial score (nSPS) is 37.8. The van der Waals surface area contributed by atoms with Gasteiger partial charge in [-0.05, 0) is 20.3 Å². The molecule has 6 nitrogen and oxygen atoms in total. The highest BCUT2D eigenvalue weighted by molar-refractivity contribution is 5.93. The first kappa shape index (κ1) is 20.8. The molecule has 3 aliphatic rings. The topological polar surface area (TPSA) is 82.1 Å². The second-order valence-electron chi connectivity index (χ2n) is 8.32. The van der Waals surface area contributed by atoms with E-state index in [9.17, 15) is 14.7 Å². The number of aliphatic hydroxyl groups excluding tert-OH is 1. The van der Waals surface area contributed by atoms with E-state index in [1.807, 2.05) is 33.8 Å². The van der Waals surface area contributed by atoms with E-state index in [4.69, 9.17) is 14.2 Å². The zero-order valence-electron chi connectivity index (χ0n) is 17.5. The van der Waals surface area contributed by atoms with E-state index in [1.54, 1.807) is 6.92 Å². The van der Waals surface area contributed by atoms with Crippen LogP contribution in [0.25, 0.3) is 0 Å². The van der Waals surface area contributed by atoms with Crippen molar-refractivity contribution in [3.63, 3.8) is 0 Å². The number of aliphatic hydroxyl groups is 1. The van der Waals surface area contributed by atoms with Gasteiger partial charge in [0.1, 0.15) is 6.10 Å². The standard InChI is InChI=1S/C22H30O6/c1-7-12(2)10-17(23)27-16-9-8-15-11-22(26-6)18(13(3)20(25)28-22)19(24)21(15,5)14(16)4/h8,10,14,16,19,24H,7,9,11H2,1-6H3/b12-10+/t14-,16-,19+,21+,22+/m0/s1. The Hall–Kier alpha value is -1.92. The van der Waals surface area contributed by atoms with Crippen LogP contribution in [0.1, 0.15) is 53.9 Å². The second kappa shape index (κ2) is 7.16. The molecule has 0 spiro atoms. The van der Waals surface area contributed by atoms with Gasteiger partial charge >= 0.3 is 11.9 Å². The van der Waals surface area contributed by atoms with Crippen molar-refractivity contribution in [3.8, 4) is 0 Å². The molecule has 0 aromatic rings. The Balaban J connectivity index is 1.96. The van der Waals surface area contributed by atoms with Crippen molar-refractivity contribution in [2.45, 2.75) is 71.9 Å². The highest BCUT2D eigenvalue weighted by Gasteiger charge is 2.62. The van der Waals surface area contributed by atoms with E-state index < -0.39 is 23.3 Å². The lowest BCUT2D eigenvalue weighted by Crippen LogP contribution is -2.57. The van der Waals surface area contributed by atoms with Gasteiger partial charge in [0.15, 0.2) is 0 Å². The molecule has 0 unspecified atom stereocenters. The van der Waals surface area contributed by atoms with Crippen LogP contribution in [-0.2, 0) is 23.8 Å². The summed E-state index contributed by atoms with van der Waals surface area (Å²) in [6.07, 6.45) is 3.91. The van der Waals surface area contributed by atoms with Crippen LogP contribution >= 0.6 is 0 Å². The van der Waals surface area contributed by atoms with Crippen molar-refractivity contribution in [1.82, 2.24) is 0 Å². The number of methoxy groups -OCH3 is 1. The van der Waals surface area contributed by atoms with Crippen molar-refractivity contribution < 1.29 is 28.9 Å². The number of esters is 2. The third kappa shape index (κ3) is 2.94. The average Bonchev–Trinajstić information content (AvgIpc) is 2.91. The Morgan fingerprint density at radius 3 is 2.75 bits per heavy atom. The fourth-order valence-electron chi connectivity index (χ4n) is 4.68. The monoisotopic (exact) mass is 390 g/mol. The molecular weight excluding hydrogens is 360 g/mol. The third-order valence-electron chi connectivity index (χ3n) is 6.95. The number of rotatable bonds is 4. The quantitative estimate of drug-likeness (QED) is 0.451. The van der Waals surface area contributed by atoms with Gasteiger partial charge in [0, 0.05) is 48.5 Å². The van der Waals surface area contributed by atoms with E-state index in [-0.39, 0.29) is 18.0 Å². The van der Waals surface area contributed by atoms with E-state index in [1.165, 1.54) is 13.2 Å². The summed E-state index contributed by atoms with van der Waals surface area (Å²) in [6, 6.07) is 0. The highest BCUT2D eigenvalue weighted by Crippen LogP contribution is 2.58. The molecule has 28 heavy (non-hydrogen) atoms. The van der Waals surface area contributed by atoms with Crippen LogP contribution in [0.2, 0.25) is 0 Å². The predicted molar refractivity (Wildman–Crippen MR) is 103 cm³/mol. The van der Waals surface area contributed by atoms with Crippen LogP contribution in [0, 0.1) is 11.3 Å². The maximum atomic E-state index is 12.3. The van der Waals surface area contributed by atoms with Crippen LogP contribution in [0.3, 0.4) is 0 Å². The van der Waals surface area contributed by atoms with Crippen molar-refractivity contribution in [2.24, 2.45) is 11.3 Å². The molecule has 5 atom stereocenters. The summed E-state index contributed by atoms with van der Waals surface area (Å²) in [5.41, 5.74) is 2.12. The average molecular weight is 390 g/mol. The maximum Gasteiger partial charge on any atom is 0.336 e. The first-order valence-electron chi connectivity index (χ1n) is 9.85. The molecule has 0 saturated heterocycles. The number of allylic oxidation sites excluding steroid dienone is 1. The fourth-order valence-corrected chi connectivity index (χ4v) is 4.68. The molecule has 3 rings (SSSR count). The molecule has 0 bridgehead atoms. The molecule has 6 heteroatoms. The molecule has 0 aromatic carbocycles. The van der Waals surface area contributed by atoms with Gasteiger partial charge in [-0.3, -0.25) is 0 Å². The Bertz CT molecular complexity index is 791. The first-order chi connectivity index (χ1) is 13.1. The van der Waals surface area contributed by atoms with Crippen molar-refractivity contribution >= 4 is 11.9 Å². The molecule has 1 saturated carbocycles. The lowest BCUT2D eigenvalue weighted by Gasteiger charge is -2.53.